The van der Waals surface area contributed by atoms with Crippen LogP contribution < -0.4 is 10.6 Å². The Morgan fingerprint density at radius 2 is 1.77 bits per heavy atom. The number of oxime groups is 1. The van der Waals surface area contributed by atoms with E-state index in [4.69, 9.17) is 21.2 Å². The third kappa shape index (κ3) is 6.39. The number of hydrogen-bond donors (Lipinski definition) is 3. The van der Waals surface area contributed by atoms with Gasteiger partial charge >= 0.3 is 6.09 Å². The van der Waals surface area contributed by atoms with Crippen LogP contribution in [0.5, 0.6) is 0 Å². The normalized spacial score (nSPS) is 22.4. The van der Waals surface area contributed by atoms with Gasteiger partial charge in [0.05, 0.1) is 18.3 Å². The summed E-state index contributed by atoms with van der Waals surface area (Å²) in [6.45, 7) is 2.08. The second-order valence-electron chi connectivity index (χ2n) is 13.3. The summed E-state index contributed by atoms with van der Waals surface area (Å²) < 4.78 is 6.01. The van der Waals surface area contributed by atoms with E-state index in [1.807, 2.05) is 43.3 Å². The molecule has 0 radical (unpaired) electrons. The first-order valence-corrected chi connectivity index (χ1v) is 17.0. The van der Waals surface area contributed by atoms with Crippen molar-refractivity contribution in [1.82, 2.24) is 15.5 Å². The van der Waals surface area contributed by atoms with Gasteiger partial charge in [0.25, 0.3) is 5.91 Å². The Labute approximate surface area is 284 Å². The molecule has 2 aliphatic carbocycles. The smallest absolute Gasteiger partial charge is 0.410 e. The molecule has 48 heavy (non-hydrogen) atoms. The van der Waals surface area contributed by atoms with Crippen molar-refractivity contribution in [3.63, 3.8) is 0 Å². The lowest BCUT2D eigenvalue weighted by Gasteiger charge is -2.28. The number of aliphatic hydroxyl groups is 1. The fraction of sp³-hybridized carbons (Fsp3) is 0.405. The first-order valence-electron chi connectivity index (χ1n) is 16.7. The highest BCUT2D eigenvalue weighted by Crippen LogP contribution is 2.45. The van der Waals surface area contributed by atoms with Crippen molar-refractivity contribution in [2.24, 2.45) is 5.16 Å². The van der Waals surface area contributed by atoms with Crippen LogP contribution in [0, 0.1) is 0 Å². The molecular formula is C37H39ClN4O6. The number of aliphatic hydroxyl groups excluding tert-OH is 1. The average molecular weight is 671 g/mol. The van der Waals surface area contributed by atoms with Crippen molar-refractivity contribution in [3.8, 4) is 11.1 Å². The Kier molecular flexibility index (Phi) is 8.87. The molecule has 7 rings (SSSR count). The Morgan fingerprint density at radius 1 is 1.06 bits per heavy atom. The van der Waals surface area contributed by atoms with Crippen LogP contribution in [0.2, 0.25) is 5.02 Å². The van der Waals surface area contributed by atoms with Gasteiger partial charge in [0.1, 0.15) is 12.6 Å². The first kappa shape index (κ1) is 32.2. The molecule has 3 amide bonds. The summed E-state index contributed by atoms with van der Waals surface area (Å²) in [5.41, 5.74) is 4.89. The molecule has 4 aliphatic rings. The Bertz CT molecular complexity index is 1720. The topological polar surface area (TPSA) is 130 Å². The largest absolute Gasteiger partial charge is 0.448 e. The molecule has 10 nitrogen and oxygen atoms in total. The zero-order valence-electron chi connectivity index (χ0n) is 26.7. The second kappa shape index (κ2) is 13.2. The molecule has 1 saturated heterocycles. The van der Waals surface area contributed by atoms with Gasteiger partial charge in [0.15, 0.2) is 11.7 Å². The minimum Gasteiger partial charge on any atom is -0.448 e. The van der Waals surface area contributed by atoms with Gasteiger partial charge in [-0.1, -0.05) is 90.8 Å². The van der Waals surface area contributed by atoms with Gasteiger partial charge in [-0.25, -0.2) is 4.79 Å². The van der Waals surface area contributed by atoms with Crippen LogP contribution in [0.1, 0.15) is 68.1 Å². The van der Waals surface area contributed by atoms with Crippen molar-refractivity contribution >= 4 is 35.2 Å². The molecule has 11 heteroatoms. The predicted molar refractivity (Wildman–Crippen MR) is 181 cm³/mol. The summed E-state index contributed by atoms with van der Waals surface area (Å²) in [5.74, 6) is -1.15. The van der Waals surface area contributed by atoms with Gasteiger partial charge in [-0.15, -0.1) is 0 Å². The predicted octanol–water partition coefficient (Wildman–Crippen LogP) is 5.15. The molecule has 1 saturated carbocycles. The SMILES string of the molecule is CCC[C@@H](NC(=O)[C@@H]1C[C@]2(CC(c3cccc(Cl)c3)=NO2)CN1C(=O)OCC1c2ccccc2-c2ccccc21)C(O)C(=O)NC1CC1. The van der Waals surface area contributed by atoms with Crippen LogP contribution >= 0.6 is 11.6 Å². The lowest BCUT2D eigenvalue weighted by molar-refractivity contribution is -0.133. The van der Waals surface area contributed by atoms with Crippen LogP contribution in [-0.2, 0) is 19.2 Å². The highest BCUT2D eigenvalue weighted by molar-refractivity contribution is 6.31. The van der Waals surface area contributed by atoms with Gasteiger partial charge in [0, 0.05) is 35.4 Å². The number of nitrogens with one attached hydrogen (secondary N) is 2. The monoisotopic (exact) mass is 670 g/mol. The molecule has 0 aromatic heterocycles. The van der Waals surface area contributed by atoms with Crippen molar-refractivity contribution in [2.45, 2.75) is 81.2 Å². The number of rotatable bonds is 10. The fourth-order valence-electron chi connectivity index (χ4n) is 7.19. The number of carbonyl (C=O) groups excluding carboxylic acids is 3. The maximum absolute atomic E-state index is 14.0. The number of fused-ring (bicyclic) bond motifs is 3. The number of nitrogens with zero attached hydrogens (tertiary/aromatic N) is 2. The maximum atomic E-state index is 14.0. The molecular weight excluding hydrogens is 632 g/mol. The van der Waals surface area contributed by atoms with E-state index in [1.165, 1.54) is 4.90 Å². The highest BCUT2D eigenvalue weighted by atomic mass is 35.5. The zero-order valence-corrected chi connectivity index (χ0v) is 27.5. The average Bonchev–Trinajstić information content (AvgIpc) is 3.55. The van der Waals surface area contributed by atoms with Gasteiger partial charge in [-0.3, -0.25) is 14.5 Å². The fourth-order valence-corrected chi connectivity index (χ4v) is 7.38. The van der Waals surface area contributed by atoms with Crippen molar-refractivity contribution < 1.29 is 29.1 Å². The van der Waals surface area contributed by atoms with E-state index >= 15 is 0 Å². The molecule has 3 N–H and O–H groups in total. The highest BCUT2D eigenvalue weighted by Gasteiger charge is 2.55. The van der Waals surface area contributed by atoms with Crippen LogP contribution in [0.3, 0.4) is 0 Å². The Balaban J connectivity index is 1.11. The molecule has 0 bridgehead atoms. The quantitative estimate of drug-likeness (QED) is 0.274. The van der Waals surface area contributed by atoms with Crippen LogP contribution in [-0.4, -0.2) is 76.6 Å². The lowest BCUT2D eigenvalue weighted by atomic mass is 9.91. The molecule has 3 aromatic carbocycles. The summed E-state index contributed by atoms with van der Waals surface area (Å²) in [5, 5.41) is 21.5. The molecule has 4 atom stereocenters. The molecule has 2 heterocycles. The van der Waals surface area contributed by atoms with Crippen molar-refractivity contribution in [3.05, 3.63) is 94.5 Å². The maximum Gasteiger partial charge on any atom is 0.410 e. The van der Waals surface area contributed by atoms with E-state index in [2.05, 4.69) is 40.1 Å². The Morgan fingerprint density at radius 3 is 2.44 bits per heavy atom. The minimum atomic E-state index is -1.42. The number of ether oxygens (including phenoxy) is 1. The van der Waals surface area contributed by atoms with Crippen LogP contribution in [0.25, 0.3) is 11.1 Å². The van der Waals surface area contributed by atoms with E-state index in [0.717, 1.165) is 40.7 Å². The summed E-state index contributed by atoms with van der Waals surface area (Å²) >= 11 is 6.24. The lowest BCUT2D eigenvalue weighted by Crippen LogP contribution is -2.55. The van der Waals surface area contributed by atoms with Crippen LogP contribution in [0.4, 0.5) is 4.79 Å². The van der Waals surface area contributed by atoms with Crippen LogP contribution in [0.15, 0.2) is 78.0 Å². The van der Waals surface area contributed by atoms with Gasteiger partial charge in [0.2, 0.25) is 5.91 Å². The number of likely N-dealkylation sites (tertiary alicyclic amines) is 1. The van der Waals surface area contributed by atoms with Crippen molar-refractivity contribution in [1.29, 1.82) is 0 Å². The summed E-state index contributed by atoms with van der Waals surface area (Å²) in [7, 11) is 0. The second-order valence-corrected chi connectivity index (χ2v) is 13.7. The number of halogens is 1. The molecule has 1 unspecified atom stereocenters. The van der Waals surface area contributed by atoms with Gasteiger partial charge in [-0.2, -0.15) is 0 Å². The summed E-state index contributed by atoms with van der Waals surface area (Å²) in [6.07, 6.45) is 1.20. The van der Waals surface area contributed by atoms with E-state index in [9.17, 15) is 19.5 Å². The molecule has 2 fully saturated rings. The molecule has 3 aromatic rings. The molecule has 1 spiro atoms. The first-order chi connectivity index (χ1) is 23.2. The third-order valence-electron chi connectivity index (χ3n) is 9.77. The van der Waals surface area contributed by atoms with Gasteiger partial charge < -0.3 is 25.3 Å². The van der Waals surface area contributed by atoms with E-state index < -0.39 is 41.7 Å². The molecule has 2 aliphatic heterocycles. The van der Waals surface area contributed by atoms with Gasteiger partial charge in [-0.05, 0) is 53.6 Å². The Hall–Kier alpha value is -4.41. The summed E-state index contributed by atoms with van der Waals surface area (Å²) in [4.78, 5) is 48.1. The number of amides is 3. The van der Waals surface area contributed by atoms with E-state index in [1.54, 1.807) is 12.1 Å². The van der Waals surface area contributed by atoms with Crippen molar-refractivity contribution in [2.75, 3.05) is 13.2 Å². The number of benzene rings is 3. The minimum absolute atomic E-state index is 0.0667. The molecule has 250 valence electrons. The summed E-state index contributed by atoms with van der Waals surface area (Å²) in [6, 6.07) is 21.7. The number of hydrogen-bond acceptors (Lipinski definition) is 7. The standard InChI is InChI=1S/C37H39ClN4O6/c1-2-8-30(33(43)35(45)39-24-15-16-24)40-34(44)32-19-37(18-31(41-48-37)22-9-7-10-23(38)17-22)21-42(32)36(46)47-20-29-27-13-5-3-11-25(27)26-12-4-6-14-28(26)29/h3-7,9-14,17,24,29-30,32-33,43H,2,8,15-16,18-21H2,1H3,(H,39,45)(H,40,44)/t30-,32+,33?,37-/m1/s1. The van der Waals surface area contributed by atoms with E-state index in [0.29, 0.717) is 30.0 Å². The number of carbonyl (C=O) groups is 3. The van der Waals surface area contributed by atoms with E-state index in [-0.39, 0.29) is 31.5 Å². The zero-order chi connectivity index (χ0) is 33.4. The third-order valence-corrected chi connectivity index (χ3v) is 10.0.